The lowest BCUT2D eigenvalue weighted by molar-refractivity contribution is 0.170. The first-order valence-electron chi connectivity index (χ1n) is 7.85. The van der Waals surface area contributed by atoms with Gasteiger partial charge < -0.3 is 4.74 Å². The molecule has 0 bridgehead atoms. The van der Waals surface area contributed by atoms with E-state index in [1.165, 1.54) is 19.3 Å². The molecule has 0 atom stereocenters. The zero-order chi connectivity index (χ0) is 15.4. The van der Waals surface area contributed by atoms with Gasteiger partial charge in [-0.05, 0) is 37.1 Å². The van der Waals surface area contributed by atoms with Crippen molar-refractivity contribution < 1.29 is 4.74 Å². The first-order valence-corrected chi connectivity index (χ1v) is 9.10. The molecule has 1 saturated carbocycles. The fourth-order valence-corrected chi connectivity index (χ4v) is 4.89. The molecule has 7 heteroatoms. The number of fused-ring (bicyclic) bond motifs is 4. The molecule has 0 N–H and O–H groups in total. The summed E-state index contributed by atoms with van der Waals surface area (Å²) in [5.74, 6) is 1.58. The second-order valence-corrected chi connectivity index (χ2v) is 7.79. The van der Waals surface area contributed by atoms with Crippen molar-refractivity contribution in [1.29, 1.82) is 0 Å². The SMILES string of the molecule is Clc1ccc(C2=NN3C4=CSC5(CCCCC5)N4N=C3O2)cc1. The van der Waals surface area contributed by atoms with E-state index < -0.39 is 0 Å². The normalized spacial score (nSPS) is 24.1. The van der Waals surface area contributed by atoms with Crippen LogP contribution in [-0.2, 0) is 4.74 Å². The molecule has 1 aliphatic carbocycles. The van der Waals surface area contributed by atoms with Gasteiger partial charge in [0.05, 0.1) is 0 Å². The molecule has 0 radical (unpaired) electrons. The van der Waals surface area contributed by atoms with Gasteiger partial charge in [0, 0.05) is 16.0 Å². The Labute approximate surface area is 143 Å². The van der Waals surface area contributed by atoms with Crippen molar-refractivity contribution >= 4 is 35.3 Å². The first kappa shape index (κ1) is 13.7. The van der Waals surface area contributed by atoms with Gasteiger partial charge in [-0.15, -0.1) is 10.2 Å². The predicted molar refractivity (Wildman–Crippen MR) is 91.7 cm³/mol. The Balaban J connectivity index is 1.44. The van der Waals surface area contributed by atoms with Crippen LogP contribution in [0.2, 0.25) is 5.02 Å². The van der Waals surface area contributed by atoms with E-state index in [1.807, 2.05) is 36.0 Å². The molecule has 0 aromatic heterocycles. The van der Waals surface area contributed by atoms with Crippen LogP contribution in [0, 0.1) is 0 Å². The highest BCUT2D eigenvalue weighted by molar-refractivity contribution is 8.03. The minimum absolute atomic E-state index is 0.0736. The second kappa shape index (κ2) is 4.92. The van der Waals surface area contributed by atoms with Crippen LogP contribution < -0.4 is 0 Å². The van der Waals surface area contributed by atoms with Gasteiger partial charge in [-0.2, -0.15) is 5.01 Å². The summed E-state index contributed by atoms with van der Waals surface area (Å²) in [6, 6.07) is 8.03. The molecule has 3 heterocycles. The summed E-state index contributed by atoms with van der Waals surface area (Å²) in [6.07, 6.45) is 6.17. The Morgan fingerprint density at radius 3 is 2.65 bits per heavy atom. The zero-order valence-corrected chi connectivity index (χ0v) is 14.0. The Morgan fingerprint density at radius 1 is 1.09 bits per heavy atom. The van der Waals surface area contributed by atoms with Crippen molar-refractivity contribution in [3.05, 3.63) is 46.1 Å². The third kappa shape index (κ3) is 2.01. The summed E-state index contributed by atoms with van der Waals surface area (Å²) in [5, 5.41) is 16.1. The lowest BCUT2D eigenvalue weighted by Gasteiger charge is -2.37. The number of hydrogen-bond donors (Lipinski definition) is 0. The van der Waals surface area contributed by atoms with E-state index >= 15 is 0 Å². The molecule has 1 aromatic carbocycles. The summed E-state index contributed by atoms with van der Waals surface area (Å²) in [6.45, 7) is 0. The number of hydrogen-bond acceptors (Lipinski definition) is 6. The predicted octanol–water partition coefficient (Wildman–Crippen LogP) is 4.13. The fraction of sp³-hybridized carbons (Fsp3) is 0.375. The fourth-order valence-electron chi connectivity index (χ4n) is 3.48. The minimum Gasteiger partial charge on any atom is -0.402 e. The molecule has 0 saturated heterocycles. The molecular formula is C16H15ClN4OS. The van der Waals surface area contributed by atoms with Crippen LogP contribution >= 0.6 is 23.4 Å². The van der Waals surface area contributed by atoms with E-state index in [4.69, 9.17) is 21.4 Å². The average molecular weight is 347 g/mol. The van der Waals surface area contributed by atoms with Gasteiger partial charge in [0.2, 0.25) is 5.90 Å². The molecule has 3 aliphatic heterocycles. The van der Waals surface area contributed by atoms with E-state index in [2.05, 4.69) is 15.5 Å². The smallest absolute Gasteiger partial charge is 0.344 e. The van der Waals surface area contributed by atoms with Crippen LogP contribution in [0.4, 0.5) is 0 Å². The van der Waals surface area contributed by atoms with Gasteiger partial charge in [-0.3, -0.25) is 0 Å². The zero-order valence-electron chi connectivity index (χ0n) is 12.4. The van der Waals surface area contributed by atoms with E-state index in [1.54, 1.807) is 5.01 Å². The standard InChI is InChI=1S/C16H15ClN4OS/c17-12-6-4-11(5-7-12)14-18-20-13-10-23-16(8-2-1-3-9-16)21(13)19-15(20)22-14/h4-7,10H,1-3,8-9H2. The number of halogens is 1. The lowest BCUT2D eigenvalue weighted by atomic mass is 9.94. The lowest BCUT2D eigenvalue weighted by Crippen LogP contribution is -2.40. The molecule has 118 valence electrons. The molecule has 23 heavy (non-hydrogen) atoms. The number of ether oxygens (including phenoxy) is 1. The first-order chi connectivity index (χ1) is 11.3. The molecule has 5 rings (SSSR count). The Morgan fingerprint density at radius 2 is 1.87 bits per heavy atom. The maximum absolute atomic E-state index is 5.94. The maximum atomic E-state index is 5.94. The molecule has 4 aliphatic rings. The Hall–Kier alpha value is -1.66. The number of nitrogens with zero attached hydrogens (tertiary/aromatic N) is 4. The largest absolute Gasteiger partial charge is 0.402 e. The van der Waals surface area contributed by atoms with Crippen LogP contribution in [-0.4, -0.2) is 26.8 Å². The molecule has 0 amide bonds. The van der Waals surface area contributed by atoms with Crippen molar-refractivity contribution in [3.63, 3.8) is 0 Å². The van der Waals surface area contributed by atoms with Crippen LogP contribution in [0.15, 0.2) is 45.7 Å². The molecule has 1 aromatic rings. The quantitative estimate of drug-likeness (QED) is 0.766. The number of benzene rings is 1. The third-order valence-electron chi connectivity index (χ3n) is 4.68. The molecule has 0 unspecified atom stereocenters. The van der Waals surface area contributed by atoms with Crippen molar-refractivity contribution in [2.45, 2.75) is 37.0 Å². The summed E-state index contributed by atoms with van der Waals surface area (Å²) < 4.78 is 5.87. The third-order valence-corrected chi connectivity index (χ3v) is 6.28. The highest BCUT2D eigenvalue weighted by atomic mass is 35.5. The van der Waals surface area contributed by atoms with Crippen LogP contribution in [0.25, 0.3) is 0 Å². The molecule has 1 fully saturated rings. The summed E-state index contributed by atoms with van der Waals surface area (Å²) in [4.78, 5) is 0.0736. The van der Waals surface area contributed by atoms with E-state index in [-0.39, 0.29) is 4.87 Å². The van der Waals surface area contributed by atoms with Crippen molar-refractivity contribution in [2.75, 3.05) is 0 Å². The van der Waals surface area contributed by atoms with Gasteiger partial charge in [0.15, 0.2) is 5.82 Å². The van der Waals surface area contributed by atoms with Crippen LogP contribution in [0.3, 0.4) is 0 Å². The van der Waals surface area contributed by atoms with Crippen molar-refractivity contribution in [3.8, 4) is 0 Å². The van der Waals surface area contributed by atoms with Gasteiger partial charge in [0.1, 0.15) is 4.87 Å². The minimum atomic E-state index is 0.0736. The average Bonchev–Trinajstić information content (AvgIpc) is 3.21. The number of amidine groups is 1. The molecular weight excluding hydrogens is 332 g/mol. The molecule has 5 nitrogen and oxygen atoms in total. The molecule has 1 spiro atoms. The second-order valence-electron chi connectivity index (χ2n) is 6.12. The van der Waals surface area contributed by atoms with Crippen molar-refractivity contribution in [2.24, 2.45) is 10.2 Å². The summed E-state index contributed by atoms with van der Waals surface area (Å²) in [5.41, 5.74) is 0.900. The maximum Gasteiger partial charge on any atom is 0.344 e. The number of hydrazone groups is 2. The van der Waals surface area contributed by atoms with Crippen molar-refractivity contribution in [1.82, 2.24) is 10.0 Å². The summed E-state index contributed by atoms with van der Waals surface area (Å²) >= 11 is 7.81. The van der Waals surface area contributed by atoms with Gasteiger partial charge >= 0.3 is 6.02 Å². The number of thioether (sulfide) groups is 1. The highest BCUT2D eigenvalue weighted by Crippen LogP contribution is 2.53. The monoisotopic (exact) mass is 346 g/mol. The number of rotatable bonds is 1. The topological polar surface area (TPSA) is 40.4 Å². The van der Waals surface area contributed by atoms with Crippen LogP contribution in [0.5, 0.6) is 0 Å². The van der Waals surface area contributed by atoms with E-state index in [0.29, 0.717) is 16.9 Å². The van der Waals surface area contributed by atoms with Crippen LogP contribution in [0.1, 0.15) is 37.7 Å². The van der Waals surface area contributed by atoms with Gasteiger partial charge in [0.25, 0.3) is 0 Å². The highest BCUT2D eigenvalue weighted by Gasteiger charge is 2.51. The Bertz CT molecular complexity index is 752. The van der Waals surface area contributed by atoms with Gasteiger partial charge in [-0.25, -0.2) is 5.01 Å². The summed E-state index contributed by atoms with van der Waals surface area (Å²) in [7, 11) is 0. The van der Waals surface area contributed by atoms with E-state index in [0.717, 1.165) is 24.2 Å². The van der Waals surface area contributed by atoms with Gasteiger partial charge in [-0.1, -0.05) is 42.6 Å². The van der Waals surface area contributed by atoms with E-state index in [9.17, 15) is 0 Å². The Kier molecular flexibility index (Phi) is 2.94.